The summed E-state index contributed by atoms with van der Waals surface area (Å²) >= 11 is 0. The summed E-state index contributed by atoms with van der Waals surface area (Å²) in [6.45, 7) is 0. The van der Waals surface area contributed by atoms with E-state index in [9.17, 15) is 14.0 Å². The van der Waals surface area contributed by atoms with Crippen LogP contribution >= 0.6 is 0 Å². The lowest BCUT2D eigenvalue weighted by atomic mass is 10.2. The van der Waals surface area contributed by atoms with Crippen molar-refractivity contribution >= 4 is 11.9 Å². The second-order valence-corrected chi connectivity index (χ2v) is 3.46. The second-order valence-electron chi connectivity index (χ2n) is 3.46. The van der Waals surface area contributed by atoms with Crippen molar-refractivity contribution in [3.8, 4) is 0 Å². The SMILES string of the molecule is [O-][N+](=Cc1ccc(F)cc1F)c1ccccc1. The van der Waals surface area contributed by atoms with Gasteiger partial charge in [-0.2, -0.15) is 4.74 Å². The summed E-state index contributed by atoms with van der Waals surface area (Å²) in [5.41, 5.74) is 0.432. The van der Waals surface area contributed by atoms with Crippen molar-refractivity contribution in [2.75, 3.05) is 0 Å². The molecular formula is C13H9F2NO. The quantitative estimate of drug-likeness (QED) is 0.338. The number of halogens is 2. The highest BCUT2D eigenvalue weighted by Crippen LogP contribution is 2.11. The summed E-state index contributed by atoms with van der Waals surface area (Å²) in [6, 6.07) is 11.5. The Hall–Kier alpha value is -2.23. The minimum absolute atomic E-state index is 0.0465. The maximum absolute atomic E-state index is 13.3. The van der Waals surface area contributed by atoms with Crippen LogP contribution in [0.4, 0.5) is 14.5 Å². The summed E-state index contributed by atoms with van der Waals surface area (Å²) in [4.78, 5) is 0. The average Bonchev–Trinajstić information content (AvgIpc) is 2.34. The van der Waals surface area contributed by atoms with Crippen molar-refractivity contribution < 1.29 is 13.5 Å². The fourth-order valence-electron chi connectivity index (χ4n) is 1.38. The summed E-state index contributed by atoms with van der Waals surface area (Å²) in [5.74, 6) is -1.43. The van der Waals surface area contributed by atoms with Gasteiger partial charge in [0.1, 0.15) is 11.6 Å². The molecule has 17 heavy (non-hydrogen) atoms. The predicted octanol–water partition coefficient (Wildman–Crippen LogP) is 3.23. The molecule has 0 fully saturated rings. The molecule has 0 amide bonds. The fraction of sp³-hybridized carbons (Fsp3) is 0. The monoisotopic (exact) mass is 233 g/mol. The fourth-order valence-corrected chi connectivity index (χ4v) is 1.38. The van der Waals surface area contributed by atoms with Crippen LogP contribution in [0.1, 0.15) is 5.56 Å². The van der Waals surface area contributed by atoms with Crippen LogP contribution in [0, 0.1) is 16.8 Å². The van der Waals surface area contributed by atoms with E-state index in [2.05, 4.69) is 0 Å². The molecule has 0 aliphatic carbocycles. The zero-order valence-corrected chi connectivity index (χ0v) is 8.81. The molecule has 0 atom stereocenters. The second kappa shape index (κ2) is 4.74. The zero-order chi connectivity index (χ0) is 12.3. The minimum Gasteiger partial charge on any atom is -0.618 e. The molecule has 0 bridgehead atoms. The van der Waals surface area contributed by atoms with Gasteiger partial charge in [0.25, 0.3) is 0 Å². The molecule has 0 spiro atoms. The lowest BCUT2D eigenvalue weighted by Gasteiger charge is -2.02. The number of benzene rings is 2. The Morgan fingerprint density at radius 3 is 2.35 bits per heavy atom. The van der Waals surface area contributed by atoms with E-state index in [0.717, 1.165) is 18.3 Å². The van der Waals surface area contributed by atoms with Crippen molar-refractivity contribution in [1.82, 2.24) is 0 Å². The van der Waals surface area contributed by atoms with E-state index < -0.39 is 11.6 Å². The molecule has 0 aromatic heterocycles. The number of nitrogens with zero attached hydrogens (tertiary/aromatic N) is 1. The van der Waals surface area contributed by atoms with Gasteiger partial charge in [0.15, 0.2) is 6.21 Å². The summed E-state index contributed by atoms with van der Waals surface area (Å²) in [5, 5.41) is 11.7. The molecule has 2 aromatic carbocycles. The first-order valence-electron chi connectivity index (χ1n) is 4.98. The third-order valence-corrected chi connectivity index (χ3v) is 2.23. The highest BCUT2D eigenvalue weighted by atomic mass is 19.1. The van der Waals surface area contributed by atoms with Crippen LogP contribution in [-0.2, 0) is 0 Å². The first-order chi connectivity index (χ1) is 8.16. The Balaban J connectivity index is 2.36. The van der Waals surface area contributed by atoms with Crippen molar-refractivity contribution in [2.45, 2.75) is 0 Å². The standard InChI is InChI=1S/C13H9F2NO/c14-11-7-6-10(13(15)8-11)9-16(17)12-4-2-1-3-5-12/h1-9H. The summed E-state index contributed by atoms with van der Waals surface area (Å²) in [6.07, 6.45) is 1.07. The van der Waals surface area contributed by atoms with Crippen molar-refractivity contribution in [2.24, 2.45) is 0 Å². The molecule has 86 valence electrons. The Morgan fingerprint density at radius 1 is 1.00 bits per heavy atom. The largest absolute Gasteiger partial charge is 0.618 e. The van der Waals surface area contributed by atoms with E-state index in [4.69, 9.17) is 0 Å². The molecule has 0 aliphatic heterocycles. The summed E-state index contributed by atoms with van der Waals surface area (Å²) < 4.78 is 26.5. The van der Waals surface area contributed by atoms with Crippen LogP contribution in [0.5, 0.6) is 0 Å². The average molecular weight is 233 g/mol. The topological polar surface area (TPSA) is 26.1 Å². The van der Waals surface area contributed by atoms with Crippen molar-refractivity contribution in [3.63, 3.8) is 0 Å². The van der Waals surface area contributed by atoms with Crippen molar-refractivity contribution in [1.29, 1.82) is 0 Å². The Morgan fingerprint density at radius 2 is 1.71 bits per heavy atom. The highest BCUT2D eigenvalue weighted by Gasteiger charge is 2.06. The first-order valence-corrected chi connectivity index (χ1v) is 4.98. The van der Waals surface area contributed by atoms with Crippen LogP contribution in [0.2, 0.25) is 0 Å². The van der Waals surface area contributed by atoms with E-state index in [0.29, 0.717) is 10.4 Å². The van der Waals surface area contributed by atoms with E-state index in [1.54, 1.807) is 30.3 Å². The van der Waals surface area contributed by atoms with Crippen LogP contribution < -0.4 is 0 Å². The van der Waals surface area contributed by atoms with Gasteiger partial charge in [0.2, 0.25) is 5.69 Å². The van der Waals surface area contributed by atoms with Gasteiger partial charge in [-0.05, 0) is 12.1 Å². The highest BCUT2D eigenvalue weighted by molar-refractivity contribution is 5.76. The molecular weight excluding hydrogens is 224 g/mol. The number of hydrogen-bond acceptors (Lipinski definition) is 1. The Bertz CT molecular complexity index is 553. The zero-order valence-electron chi connectivity index (χ0n) is 8.81. The molecule has 0 radical (unpaired) electrons. The van der Waals surface area contributed by atoms with Crippen molar-refractivity contribution in [3.05, 3.63) is 70.9 Å². The van der Waals surface area contributed by atoms with Crippen LogP contribution in [0.25, 0.3) is 0 Å². The van der Waals surface area contributed by atoms with Gasteiger partial charge in [-0.3, -0.25) is 0 Å². The molecule has 0 N–H and O–H groups in total. The van der Waals surface area contributed by atoms with E-state index in [-0.39, 0.29) is 5.56 Å². The van der Waals surface area contributed by atoms with Gasteiger partial charge in [-0.25, -0.2) is 8.78 Å². The molecule has 2 aromatic rings. The van der Waals surface area contributed by atoms with Crippen LogP contribution in [-0.4, -0.2) is 11.0 Å². The van der Waals surface area contributed by atoms with E-state index in [1.165, 1.54) is 6.07 Å². The van der Waals surface area contributed by atoms with E-state index in [1.807, 2.05) is 0 Å². The molecule has 2 rings (SSSR count). The summed E-state index contributed by atoms with van der Waals surface area (Å²) in [7, 11) is 0. The van der Waals surface area contributed by atoms with Crippen LogP contribution in [0.3, 0.4) is 0 Å². The van der Waals surface area contributed by atoms with Gasteiger partial charge in [0, 0.05) is 18.2 Å². The smallest absolute Gasteiger partial charge is 0.216 e. The number of hydrogen-bond donors (Lipinski definition) is 0. The molecule has 4 heteroatoms. The Labute approximate surface area is 97.0 Å². The van der Waals surface area contributed by atoms with Gasteiger partial charge in [-0.15, -0.1) is 0 Å². The predicted molar refractivity (Wildman–Crippen MR) is 61.3 cm³/mol. The molecule has 0 heterocycles. The maximum atomic E-state index is 13.3. The molecule has 0 saturated carbocycles. The van der Waals surface area contributed by atoms with Gasteiger partial charge >= 0.3 is 0 Å². The molecule has 0 unspecified atom stereocenters. The minimum atomic E-state index is -0.762. The lowest BCUT2D eigenvalue weighted by molar-refractivity contribution is -0.354. The first kappa shape index (κ1) is 11.3. The van der Waals surface area contributed by atoms with E-state index >= 15 is 0 Å². The van der Waals surface area contributed by atoms with Crippen LogP contribution in [0.15, 0.2) is 48.5 Å². The van der Waals surface area contributed by atoms with Gasteiger partial charge in [0.05, 0.1) is 5.56 Å². The third-order valence-electron chi connectivity index (χ3n) is 2.23. The molecule has 0 saturated heterocycles. The lowest BCUT2D eigenvalue weighted by Crippen LogP contribution is -2.01. The third kappa shape index (κ3) is 2.66. The molecule has 0 aliphatic rings. The Kier molecular flexibility index (Phi) is 3.14. The van der Waals surface area contributed by atoms with Gasteiger partial charge < -0.3 is 5.21 Å². The normalized spacial score (nSPS) is 11.5. The number of rotatable bonds is 2. The maximum Gasteiger partial charge on any atom is 0.216 e. The molecule has 2 nitrogen and oxygen atoms in total. The van der Waals surface area contributed by atoms with Gasteiger partial charge in [-0.1, -0.05) is 18.2 Å². The number of para-hydroxylation sites is 1.